The maximum absolute atomic E-state index is 11.8. The predicted octanol–water partition coefficient (Wildman–Crippen LogP) is 2.88. The molecular weight excluding hydrogens is 360 g/mol. The van der Waals surface area contributed by atoms with Gasteiger partial charge in [-0.15, -0.1) is 0 Å². The number of H-pyrrole nitrogens is 1. The first kappa shape index (κ1) is 18.2. The van der Waals surface area contributed by atoms with Gasteiger partial charge < -0.3 is 24.3 Å². The summed E-state index contributed by atoms with van der Waals surface area (Å²) in [6.07, 6.45) is 0.412. The molecule has 0 radical (unpaired) electrons. The van der Waals surface area contributed by atoms with Crippen LogP contribution in [0.2, 0.25) is 0 Å². The Morgan fingerprint density at radius 2 is 1.75 bits per heavy atom. The lowest BCUT2D eigenvalue weighted by atomic mass is 9.90. The molecule has 7 heteroatoms. The highest BCUT2D eigenvalue weighted by atomic mass is 16.5. The van der Waals surface area contributed by atoms with Gasteiger partial charge in [-0.2, -0.15) is 0 Å². The summed E-state index contributed by atoms with van der Waals surface area (Å²) in [7, 11) is 4.67. The number of benzene rings is 2. The van der Waals surface area contributed by atoms with E-state index in [1.54, 1.807) is 21.3 Å². The molecule has 28 heavy (non-hydrogen) atoms. The molecule has 0 unspecified atom stereocenters. The molecule has 7 nitrogen and oxygen atoms in total. The van der Waals surface area contributed by atoms with Crippen LogP contribution in [0.4, 0.5) is 0 Å². The molecule has 4 rings (SSSR count). The fourth-order valence-corrected chi connectivity index (χ4v) is 3.92. The van der Waals surface area contributed by atoms with Crippen molar-refractivity contribution in [3.63, 3.8) is 0 Å². The molecule has 0 spiro atoms. The zero-order valence-electron chi connectivity index (χ0n) is 15.9. The Kier molecular flexibility index (Phi) is 4.60. The van der Waals surface area contributed by atoms with Crippen LogP contribution in [0.3, 0.4) is 0 Å². The van der Waals surface area contributed by atoms with Gasteiger partial charge in [0, 0.05) is 23.0 Å². The number of carboxylic acids is 1. The van der Waals surface area contributed by atoms with Crippen molar-refractivity contribution in [2.75, 3.05) is 21.3 Å². The van der Waals surface area contributed by atoms with Crippen LogP contribution in [0.25, 0.3) is 10.9 Å². The molecule has 1 aromatic heterocycles. The van der Waals surface area contributed by atoms with Crippen LogP contribution in [-0.4, -0.2) is 43.4 Å². The lowest BCUT2D eigenvalue weighted by Crippen LogP contribution is -2.44. The highest BCUT2D eigenvalue weighted by Crippen LogP contribution is 2.43. The number of carboxylic acid groups (broad SMARTS) is 1. The Hall–Kier alpha value is -3.19. The fourth-order valence-electron chi connectivity index (χ4n) is 3.92. The van der Waals surface area contributed by atoms with E-state index in [0.29, 0.717) is 23.7 Å². The molecular formula is C21H22N2O5. The number of hydrogen-bond donors (Lipinski definition) is 3. The number of nitrogens with one attached hydrogen (secondary N) is 2. The lowest BCUT2D eigenvalue weighted by Gasteiger charge is -2.30. The normalized spacial score (nSPS) is 18.5. The van der Waals surface area contributed by atoms with Gasteiger partial charge in [-0.1, -0.05) is 18.2 Å². The highest BCUT2D eigenvalue weighted by Gasteiger charge is 2.34. The van der Waals surface area contributed by atoms with Crippen molar-refractivity contribution in [3.8, 4) is 17.2 Å². The SMILES string of the molecule is COc1cc([C@@H]2N[C@H](C(=O)O)Cc3c2[nH]c2ccccc32)cc(OC)c1OC. The minimum absolute atomic E-state index is 0.356. The number of ether oxygens (including phenoxy) is 3. The second-order valence-corrected chi connectivity index (χ2v) is 6.72. The summed E-state index contributed by atoms with van der Waals surface area (Å²) < 4.78 is 16.3. The van der Waals surface area contributed by atoms with Gasteiger partial charge in [0.2, 0.25) is 5.75 Å². The van der Waals surface area contributed by atoms with Crippen molar-refractivity contribution >= 4 is 16.9 Å². The van der Waals surface area contributed by atoms with Gasteiger partial charge in [-0.25, -0.2) is 0 Å². The van der Waals surface area contributed by atoms with Crippen LogP contribution < -0.4 is 19.5 Å². The second-order valence-electron chi connectivity index (χ2n) is 6.72. The average Bonchev–Trinajstić information content (AvgIpc) is 3.10. The largest absolute Gasteiger partial charge is 0.493 e. The van der Waals surface area contributed by atoms with Crippen molar-refractivity contribution in [1.82, 2.24) is 10.3 Å². The van der Waals surface area contributed by atoms with E-state index in [-0.39, 0.29) is 6.04 Å². The molecule has 146 valence electrons. The predicted molar refractivity (Wildman–Crippen MR) is 105 cm³/mol. The van der Waals surface area contributed by atoms with E-state index in [1.165, 1.54) is 0 Å². The third-order valence-corrected chi connectivity index (χ3v) is 5.23. The van der Waals surface area contributed by atoms with Crippen LogP contribution in [0.1, 0.15) is 22.9 Å². The second kappa shape index (κ2) is 7.09. The van der Waals surface area contributed by atoms with E-state index in [2.05, 4.69) is 10.3 Å². The van der Waals surface area contributed by atoms with Crippen LogP contribution in [0, 0.1) is 0 Å². The first-order valence-corrected chi connectivity index (χ1v) is 8.95. The summed E-state index contributed by atoms with van der Waals surface area (Å²) in [6, 6.07) is 10.6. The molecule has 2 heterocycles. The van der Waals surface area contributed by atoms with Crippen molar-refractivity contribution in [2.24, 2.45) is 0 Å². The van der Waals surface area contributed by atoms with Crippen molar-refractivity contribution < 1.29 is 24.1 Å². The molecule has 2 atom stereocenters. The summed E-state index contributed by atoms with van der Waals surface area (Å²) in [5.41, 5.74) is 3.78. The number of para-hydroxylation sites is 1. The number of aromatic amines is 1. The first-order chi connectivity index (χ1) is 13.6. The van der Waals surface area contributed by atoms with Gasteiger partial charge in [0.25, 0.3) is 0 Å². The third kappa shape index (κ3) is 2.84. The van der Waals surface area contributed by atoms with Crippen molar-refractivity contribution in [2.45, 2.75) is 18.5 Å². The monoisotopic (exact) mass is 382 g/mol. The Morgan fingerprint density at radius 3 is 2.36 bits per heavy atom. The molecule has 0 fully saturated rings. The first-order valence-electron chi connectivity index (χ1n) is 8.95. The molecule has 0 saturated carbocycles. The molecule has 0 saturated heterocycles. The standard InChI is InChI=1S/C21H22N2O5/c1-26-16-8-11(9-17(27-2)20(16)28-3)18-19-13(10-15(23-18)21(24)25)12-6-4-5-7-14(12)22-19/h4-9,15,18,22-23H,10H2,1-3H3,(H,24,25)/t15-,18-/m0/s1. The summed E-state index contributed by atoms with van der Waals surface area (Å²) in [6.45, 7) is 0. The third-order valence-electron chi connectivity index (χ3n) is 5.23. The van der Waals surface area contributed by atoms with E-state index >= 15 is 0 Å². The minimum atomic E-state index is -0.881. The quantitative estimate of drug-likeness (QED) is 0.628. The lowest BCUT2D eigenvalue weighted by molar-refractivity contribution is -0.139. The van der Waals surface area contributed by atoms with E-state index in [9.17, 15) is 9.90 Å². The molecule has 0 bridgehead atoms. The van der Waals surface area contributed by atoms with Gasteiger partial charge in [-0.3, -0.25) is 10.1 Å². The number of aromatic nitrogens is 1. The van der Waals surface area contributed by atoms with Crippen molar-refractivity contribution in [1.29, 1.82) is 0 Å². The topological polar surface area (TPSA) is 92.8 Å². The molecule has 1 aliphatic heterocycles. The number of aliphatic carboxylic acids is 1. The molecule has 0 amide bonds. The van der Waals surface area contributed by atoms with Crippen LogP contribution in [-0.2, 0) is 11.2 Å². The Balaban J connectivity index is 1.91. The summed E-state index contributed by atoms with van der Waals surface area (Å²) in [5.74, 6) is 0.659. The summed E-state index contributed by atoms with van der Waals surface area (Å²) >= 11 is 0. The minimum Gasteiger partial charge on any atom is -0.493 e. The number of fused-ring (bicyclic) bond motifs is 3. The van der Waals surface area contributed by atoms with Gasteiger partial charge in [-0.05, 0) is 29.3 Å². The maximum Gasteiger partial charge on any atom is 0.321 e. The van der Waals surface area contributed by atoms with E-state index in [1.807, 2.05) is 36.4 Å². The smallest absolute Gasteiger partial charge is 0.321 e. The summed E-state index contributed by atoms with van der Waals surface area (Å²) in [5, 5.41) is 14.0. The van der Waals surface area contributed by atoms with Crippen LogP contribution in [0.5, 0.6) is 17.2 Å². The molecule has 2 aromatic carbocycles. The zero-order valence-corrected chi connectivity index (χ0v) is 15.9. The van der Waals surface area contributed by atoms with E-state index < -0.39 is 12.0 Å². The molecule has 0 aliphatic carbocycles. The van der Waals surface area contributed by atoms with Crippen LogP contribution >= 0.6 is 0 Å². The number of hydrogen-bond acceptors (Lipinski definition) is 5. The average molecular weight is 382 g/mol. The van der Waals surface area contributed by atoms with E-state index in [4.69, 9.17) is 14.2 Å². The highest BCUT2D eigenvalue weighted by molar-refractivity contribution is 5.87. The van der Waals surface area contributed by atoms with Gasteiger partial charge >= 0.3 is 5.97 Å². The molecule has 3 N–H and O–H groups in total. The fraction of sp³-hybridized carbons (Fsp3) is 0.286. The molecule has 3 aromatic rings. The Bertz CT molecular complexity index is 1020. The Labute approximate surface area is 162 Å². The van der Waals surface area contributed by atoms with Gasteiger partial charge in [0.1, 0.15) is 6.04 Å². The van der Waals surface area contributed by atoms with Gasteiger partial charge in [0.15, 0.2) is 11.5 Å². The number of methoxy groups -OCH3 is 3. The van der Waals surface area contributed by atoms with Crippen molar-refractivity contribution in [3.05, 3.63) is 53.2 Å². The zero-order chi connectivity index (χ0) is 19.8. The van der Waals surface area contributed by atoms with Crippen LogP contribution in [0.15, 0.2) is 36.4 Å². The maximum atomic E-state index is 11.8. The number of carbonyl (C=O) groups is 1. The Morgan fingerprint density at radius 1 is 1.07 bits per heavy atom. The van der Waals surface area contributed by atoms with E-state index in [0.717, 1.165) is 27.7 Å². The number of rotatable bonds is 5. The van der Waals surface area contributed by atoms with Gasteiger partial charge in [0.05, 0.1) is 27.4 Å². The summed E-state index contributed by atoms with van der Waals surface area (Å²) in [4.78, 5) is 15.3. The molecule has 1 aliphatic rings.